The molecule has 4 nitrogen and oxygen atoms in total. The number of nitrogens with zero attached hydrogens (tertiary/aromatic N) is 1. The van der Waals surface area contributed by atoms with Crippen LogP contribution in [-0.4, -0.2) is 9.55 Å². The molecule has 0 aliphatic heterocycles. The van der Waals surface area contributed by atoms with Crippen molar-refractivity contribution in [2.45, 2.75) is 6.42 Å². The molecule has 5 heteroatoms. The highest BCUT2D eigenvalue weighted by atomic mass is 35.5. The predicted molar refractivity (Wildman–Crippen MR) is 66.6 cm³/mol. The van der Waals surface area contributed by atoms with Gasteiger partial charge in [-0.15, -0.1) is 0 Å². The van der Waals surface area contributed by atoms with Crippen molar-refractivity contribution in [1.29, 1.82) is 0 Å². The number of rotatable bonds is 2. The van der Waals surface area contributed by atoms with E-state index in [0.717, 1.165) is 10.1 Å². The summed E-state index contributed by atoms with van der Waals surface area (Å²) >= 11 is 6.01. The number of hydrogen-bond acceptors (Lipinski definition) is 2. The molecule has 0 saturated heterocycles. The molecule has 0 radical (unpaired) electrons. The average Bonchev–Trinajstić information content (AvgIpc) is 2.29. The minimum Gasteiger partial charge on any atom is -0.311 e. The molecule has 0 fully saturated rings. The second-order valence-electron chi connectivity index (χ2n) is 3.77. The fourth-order valence-electron chi connectivity index (χ4n) is 1.55. The Morgan fingerprint density at radius 3 is 2.65 bits per heavy atom. The van der Waals surface area contributed by atoms with Crippen LogP contribution in [0.3, 0.4) is 0 Å². The number of benzene rings is 1. The van der Waals surface area contributed by atoms with Crippen LogP contribution in [0.15, 0.2) is 39.9 Å². The highest BCUT2D eigenvalue weighted by Crippen LogP contribution is 2.16. The lowest BCUT2D eigenvalue weighted by Crippen LogP contribution is -2.32. The molecule has 1 aromatic carbocycles. The number of H-pyrrole nitrogens is 1. The summed E-state index contributed by atoms with van der Waals surface area (Å²) in [6.07, 6.45) is 0.436. The van der Waals surface area contributed by atoms with Gasteiger partial charge in [0.15, 0.2) is 0 Å². The van der Waals surface area contributed by atoms with E-state index in [2.05, 4.69) is 4.98 Å². The molecule has 1 aromatic heterocycles. The third kappa shape index (κ3) is 2.47. The number of aromatic nitrogens is 2. The van der Waals surface area contributed by atoms with Gasteiger partial charge >= 0.3 is 5.69 Å². The van der Waals surface area contributed by atoms with Gasteiger partial charge in [-0.05, 0) is 11.6 Å². The summed E-state index contributed by atoms with van der Waals surface area (Å²) in [5.74, 6) is 0. The Hall–Kier alpha value is -1.81. The van der Waals surface area contributed by atoms with Crippen LogP contribution in [0.1, 0.15) is 11.3 Å². The molecule has 0 aliphatic carbocycles. The number of aromatic amines is 1. The van der Waals surface area contributed by atoms with Crippen LogP contribution >= 0.6 is 11.6 Å². The molecule has 0 saturated carbocycles. The molecule has 0 amide bonds. The second-order valence-corrected chi connectivity index (χ2v) is 4.17. The van der Waals surface area contributed by atoms with Crippen LogP contribution < -0.4 is 11.2 Å². The Morgan fingerprint density at radius 1 is 1.29 bits per heavy atom. The SMILES string of the molecule is Cn1c(=O)cc(Cc2ccccc2Cl)[nH]c1=O. The topological polar surface area (TPSA) is 54.9 Å². The smallest absolute Gasteiger partial charge is 0.311 e. The van der Waals surface area contributed by atoms with E-state index in [9.17, 15) is 9.59 Å². The fourth-order valence-corrected chi connectivity index (χ4v) is 1.75. The monoisotopic (exact) mass is 250 g/mol. The lowest BCUT2D eigenvalue weighted by Gasteiger charge is -2.04. The maximum Gasteiger partial charge on any atom is 0.328 e. The van der Waals surface area contributed by atoms with Gasteiger partial charge in [0, 0.05) is 30.3 Å². The molecule has 0 unspecified atom stereocenters. The van der Waals surface area contributed by atoms with E-state index in [-0.39, 0.29) is 5.56 Å². The molecule has 0 bridgehead atoms. The van der Waals surface area contributed by atoms with Gasteiger partial charge in [-0.1, -0.05) is 29.8 Å². The summed E-state index contributed by atoms with van der Waals surface area (Å²) < 4.78 is 1.02. The Labute approximate surface area is 102 Å². The zero-order valence-corrected chi connectivity index (χ0v) is 9.99. The summed E-state index contributed by atoms with van der Waals surface area (Å²) in [4.78, 5) is 25.5. The standard InChI is InChI=1S/C12H11ClN2O2/c1-15-11(16)7-9(14-12(15)17)6-8-4-2-3-5-10(8)13/h2-5,7H,6H2,1H3,(H,14,17). The van der Waals surface area contributed by atoms with Crippen molar-refractivity contribution < 1.29 is 0 Å². The minimum atomic E-state index is -0.417. The first-order valence-corrected chi connectivity index (χ1v) is 5.48. The molecule has 2 rings (SSSR count). The lowest BCUT2D eigenvalue weighted by atomic mass is 10.1. The maximum absolute atomic E-state index is 11.4. The van der Waals surface area contributed by atoms with E-state index in [1.165, 1.54) is 13.1 Å². The van der Waals surface area contributed by atoms with Crippen LogP contribution in [0.5, 0.6) is 0 Å². The van der Waals surface area contributed by atoms with Crippen LogP contribution in [0, 0.1) is 0 Å². The summed E-state index contributed by atoms with van der Waals surface area (Å²) in [5.41, 5.74) is 0.694. The van der Waals surface area contributed by atoms with Crippen LogP contribution in [0.4, 0.5) is 0 Å². The van der Waals surface area contributed by atoms with Gasteiger partial charge in [0.1, 0.15) is 0 Å². The van der Waals surface area contributed by atoms with E-state index < -0.39 is 5.69 Å². The first kappa shape index (κ1) is 11.7. The number of nitrogens with one attached hydrogen (secondary N) is 1. The molecule has 1 heterocycles. The lowest BCUT2D eigenvalue weighted by molar-refractivity contribution is 0.758. The van der Waals surface area contributed by atoms with Gasteiger partial charge in [-0.25, -0.2) is 4.79 Å². The van der Waals surface area contributed by atoms with Crippen LogP contribution in [0.25, 0.3) is 0 Å². The molecule has 1 N–H and O–H groups in total. The molecule has 0 spiro atoms. The highest BCUT2D eigenvalue weighted by Gasteiger charge is 2.04. The van der Waals surface area contributed by atoms with Gasteiger partial charge < -0.3 is 4.98 Å². The maximum atomic E-state index is 11.4. The first-order chi connectivity index (χ1) is 8.08. The quantitative estimate of drug-likeness (QED) is 0.874. The third-order valence-electron chi connectivity index (χ3n) is 2.54. The highest BCUT2D eigenvalue weighted by molar-refractivity contribution is 6.31. The first-order valence-electron chi connectivity index (χ1n) is 5.10. The molecule has 0 aliphatic rings. The summed E-state index contributed by atoms with van der Waals surface area (Å²) in [6, 6.07) is 8.73. The van der Waals surface area contributed by atoms with Crippen molar-refractivity contribution in [1.82, 2.24) is 9.55 Å². The van der Waals surface area contributed by atoms with Crippen LogP contribution in [0.2, 0.25) is 5.02 Å². The van der Waals surface area contributed by atoms with Gasteiger partial charge in [-0.3, -0.25) is 9.36 Å². The van der Waals surface area contributed by atoms with Crippen molar-refractivity contribution in [2.75, 3.05) is 0 Å². The summed E-state index contributed by atoms with van der Waals surface area (Å²) in [7, 11) is 1.43. The normalized spacial score (nSPS) is 10.5. The Kier molecular flexibility index (Phi) is 3.15. The number of halogens is 1. The Balaban J connectivity index is 2.41. The molecule has 2 aromatic rings. The van der Waals surface area contributed by atoms with E-state index in [0.29, 0.717) is 17.1 Å². The van der Waals surface area contributed by atoms with Crippen molar-refractivity contribution >= 4 is 11.6 Å². The largest absolute Gasteiger partial charge is 0.328 e. The van der Waals surface area contributed by atoms with Gasteiger partial charge in [0.2, 0.25) is 0 Å². The third-order valence-corrected chi connectivity index (χ3v) is 2.91. The summed E-state index contributed by atoms with van der Waals surface area (Å²) in [6.45, 7) is 0. The van der Waals surface area contributed by atoms with Gasteiger partial charge in [0.05, 0.1) is 0 Å². The van der Waals surface area contributed by atoms with Crippen molar-refractivity contribution in [3.63, 3.8) is 0 Å². The molecule has 0 atom stereocenters. The number of hydrogen-bond donors (Lipinski definition) is 1. The molecule has 17 heavy (non-hydrogen) atoms. The zero-order chi connectivity index (χ0) is 12.4. The van der Waals surface area contributed by atoms with Crippen molar-refractivity contribution in [3.05, 3.63) is 67.4 Å². The van der Waals surface area contributed by atoms with Gasteiger partial charge in [0.25, 0.3) is 5.56 Å². The van der Waals surface area contributed by atoms with E-state index >= 15 is 0 Å². The van der Waals surface area contributed by atoms with Crippen molar-refractivity contribution in [3.8, 4) is 0 Å². The zero-order valence-electron chi connectivity index (χ0n) is 9.24. The minimum absolute atomic E-state index is 0.323. The molecular weight excluding hydrogens is 240 g/mol. The van der Waals surface area contributed by atoms with Crippen LogP contribution in [-0.2, 0) is 13.5 Å². The second kappa shape index (κ2) is 4.59. The average molecular weight is 251 g/mol. The van der Waals surface area contributed by atoms with E-state index in [4.69, 9.17) is 11.6 Å². The van der Waals surface area contributed by atoms with Crippen molar-refractivity contribution in [2.24, 2.45) is 7.05 Å². The van der Waals surface area contributed by atoms with E-state index in [1.807, 2.05) is 18.2 Å². The molecule has 88 valence electrons. The Morgan fingerprint density at radius 2 is 2.00 bits per heavy atom. The predicted octanol–water partition coefficient (Wildman–Crippen LogP) is 1.32. The summed E-state index contributed by atoms with van der Waals surface area (Å²) in [5, 5.41) is 0.619. The van der Waals surface area contributed by atoms with E-state index in [1.54, 1.807) is 6.07 Å². The fraction of sp³-hybridized carbons (Fsp3) is 0.167. The van der Waals surface area contributed by atoms with Gasteiger partial charge in [-0.2, -0.15) is 0 Å². The Bertz CT molecular complexity index is 627. The molecular formula is C12H11ClN2O2.